The van der Waals surface area contributed by atoms with E-state index in [0.29, 0.717) is 0 Å². The van der Waals surface area contributed by atoms with Crippen molar-refractivity contribution in [2.75, 3.05) is 5.32 Å². The summed E-state index contributed by atoms with van der Waals surface area (Å²) in [4.78, 5) is 4.27. The highest BCUT2D eigenvalue weighted by atomic mass is 15.1. The molecule has 3 rings (SSSR count). The van der Waals surface area contributed by atoms with Gasteiger partial charge in [0.15, 0.2) is 0 Å². The van der Waals surface area contributed by atoms with Gasteiger partial charge in [-0.1, -0.05) is 35.9 Å². The van der Waals surface area contributed by atoms with Crippen LogP contribution in [0.1, 0.15) is 11.1 Å². The molecule has 2 aromatic heterocycles. The van der Waals surface area contributed by atoms with Crippen molar-refractivity contribution in [3.8, 4) is 0 Å². The standard InChI is InChI=1S/C15H15N3/c1-12-4-2-5-13(10-12)11-17-15-7-3-6-14-16-8-9-18(14)15/h2-10,17H,11H2,1H3. The molecule has 0 bridgehead atoms. The van der Waals surface area contributed by atoms with E-state index in [1.165, 1.54) is 11.1 Å². The van der Waals surface area contributed by atoms with E-state index in [0.717, 1.165) is 18.0 Å². The first-order valence-corrected chi connectivity index (χ1v) is 6.04. The van der Waals surface area contributed by atoms with Gasteiger partial charge in [-0.2, -0.15) is 0 Å². The maximum absolute atomic E-state index is 4.27. The fraction of sp³-hybridized carbons (Fsp3) is 0.133. The lowest BCUT2D eigenvalue weighted by Gasteiger charge is -2.09. The van der Waals surface area contributed by atoms with Crippen LogP contribution in [0.3, 0.4) is 0 Å². The molecule has 0 saturated heterocycles. The quantitative estimate of drug-likeness (QED) is 0.757. The van der Waals surface area contributed by atoms with Gasteiger partial charge in [0.2, 0.25) is 0 Å². The number of hydrogen-bond donors (Lipinski definition) is 1. The molecule has 90 valence electrons. The first-order valence-electron chi connectivity index (χ1n) is 6.04. The number of nitrogens with zero attached hydrogens (tertiary/aromatic N) is 2. The zero-order valence-corrected chi connectivity index (χ0v) is 10.3. The number of anilines is 1. The van der Waals surface area contributed by atoms with Crippen molar-refractivity contribution in [1.82, 2.24) is 9.38 Å². The molecule has 0 radical (unpaired) electrons. The van der Waals surface area contributed by atoms with Crippen LogP contribution in [0.25, 0.3) is 5.65 Å². The predicted octanol–water partition coefficient (Wildman–Crippen LogP) is 3.25. The zero-order valence-electron chi connectivity index (χ0n) is 10.3. The summed E-state index contributed by atoms with van der Waals surface area (Å²) in [5, 5.41) is 3.44. The second-order valence-corrected chi connectivity index (χ2v) is 4.41. The van der Waals surface area contributed by atoms with Crippen molar-refractivity contribution in [1.29, 1.82) is 0 Å². The largest absolute Gasteiger partial charge is 0.367 e. The van der Waals surface area contributed by atoms with Crippen molar-refractivity contribution in [2.24, 2.45) is 0 Å². The van der Waals surface area contributed by atoms with Crippen LogP contribution in [0.15, 0.2) is 54.9 Å². The van der Waals surface area contributed by atoms with Gasteiger partial charge in [-0.3, -0.25) is 4.40 Å². The maximum atomic E-state index is 4.27. The first kappa shape index (κ1) is 10.8. The van der Waals surface area contributed by atoms with E-state index < -0.39 is 0 Å². The Morgan fingerprint density at radius 2 is 2.06 bits per heavy atom. The molecule has 18 heavy (non-hydrogen) atoms. The molecule has 2 heterocycles. The van der Waals surface area contributed by atoms with E-state index in [1.54, 1.807) is 0 Å². The van der Waals surface area contributed by atoms with Gasteiger partial charge in [-0.15, -0.1) is 0 Å². The molecule has 3 heteroatoms. The molecule has 0 saturated carbocycles. The zero-order chi connectivity index (χ0) is 12.4. The molecule has 0 atom stereocenters. The van der Waals surface area contributed by atoms with Crippen molar-refractivity contribution in [2.45, 2.75) is 13.5 Å². The summed E-state index contributed by atoms with van der Waals surface area (Å²) in [5.41, 5.74) is 3.53. The fourth-order valence-electron chi connectivity index (χ4n) is 2.11. The summed E-state index contributed by atoms with van der Waals surface area (Å²) in [5.74, 6) is 1.06. The average molecular weight is 237 g/mol. The molecular weight excluding hydrogens is 222 g/mol. The van der Waals surface area contributed by atoms with E-state index in [9.17, 15) is 0 Å². The lowest BCUT2D eigenvalue weighted by atomic mass is 10.1. The van der Waals surface area contributed by atoms with Crippen molar-refractivity contribution >= 4 is 11.5 Å². The molecule has 1 aromatic carbocycles. The van der Waals surface area contributed by atoms with E-state index in [4.69, 9.17) is 0 Å². The van der Waals surface area contributed by atoms with Crippen molar-refractivity contribution < 1.29 is 0 Å². The molecule has 0 aliphatic heterocycles. The number of fused-ring (bicyclic) bond motifs is 1. The van der Waals surface area contributed by atoms with Gasteiger partial charge in [0.05, 0.1) is 0 Å². The van der Waals surface area contributed by atoms with Crippen LogP contribution in [-0.4, -0.2) is 9.38 Å². The molecular formula is C15H15N3. The second kappa shape index (κ2) is 4.53. The number of imidazole rings is 1. The Balaban J connectivity index is 1.83. The van der Waals surface area contributed by atoms with Crippen LogP contribution in [-0.2, 0) is 6.54 Å². The minimum atomic E-state index is 0.818. The molecule has 0 fully saturated rings. The Bertz CT molecular complexity index is 670. The summed E-state index contributed by atoms with van der Waals surface area (Å²) >= 11 is 0. The number of pyridine rings is 1. The summed E-state index contributed by atoms with van der Waals surface area (Å²) < 4.78 is 2.05. The Labute approximate surface area is 106 Å². The SMILES string of the molecule is Cc1cccc(CNc2cccc3nccn23)c1. The van der Waals surface area contributed by atoms with E-state index in [1.807, 2.05) is 24.5 Å². The molecule has 1 N–H and O–H groups in total. The number of hydrogen-bond acceptors (Lipinski definition) is 2. The van der Waals surface area contributed by atoms with E-state index in [2.05, 4.69) is 52.0 Å². The molecule has 0 aliphatic rings. The Morgan fingerprint density at radius 1 is 1.17 bits per heavy atom. The highest BCUT2D eigenvalue weighted by Crippen LogP contribution is 2.12. The smallest absolute Gasteiger partial charge is 0.138 e. The topological polar surface area (TPSA) is 29.3 Å². The highest BCUT2D eigenvalue weighted by Gasteiger charge is 2.00. The number of aryl methyl sites for hydroxylation is 1. The second-order valence-electron chi connectivity index (χ2n) is 4.41. The third kappa shape index (κ3) is 2.07. The molecule has 3 nitrogen and oxygen atoms in total. The van der Waals surface area contributed by atoms with Gasteiger partial charge in [-0.05, 0) is 24.6 Å². The Kier molecular flexibility index (Phi) is 2.73. The number of nitrogens with one attached hydrogen (secondary N) is 1. The van der Waals surface area contributed by atoms with Crippen molar-refractivity contribution in [3.05, 3.63) is 66.0 Å². The summed E-state index contributed by atoms with van der Waals surface area (Å²) in [7, 11) is 0. The highest BCUT2D eigenvalue weighted by molar-refractivity contribution is 5.50. The molecule has 0 aliphatic carbocycles. The Hall–Kier alpha value is -2.29. The van der Waals surface area contributed by atoms with Crippen LogP contribution in [0.5, 0.6) is 0 Å². The number of benzene rings is 1. The van der Waals surface area contributed by atoms with Crippen LogP contribution in [0.2, 0.25) is 0 Å². The fourth-order valence-corrected chi connectivity index (χ4v) is 2.11. The van der Waals surface area contributed by atoms with Gasteiger partial charge in [-0.25, -0.2) is 4.98 Å². The van der Waals surface area contributed by atoms with Gasteiger partial charge < -0.3 is 5.32 Å². The van der Waals surface area contributed by atoms with Crippen LogP contribution >= 0.6 is 0 Å². The minimum absolute atomic E-state index is 0.818. The monoisotopic (exact) mass is 237 g/mol. The van der Waals surface area contributed by atoms with E-state index >= 15 is 0 Å². The summed E-state index contributed by atoms with van der Waals surface area (Å²) in [6, 6.07) is 14.6. The molecule has 3 aromatic rings. The summed E-state index contributed by atoms with van der Waals surface area (Å²) in [6.45, 7) is 2.93. The molecule has 0 unspecified atom stereocenters. The van der Waals surface area contributed by atoms with Gasteiger partial charge in [0, 0.05) is 18.9 Å². The summed E-state index contributed by atoms with van der Waals surface area (Å²) in [6.07, 6.45) is 3.78. The van der Waals surface area contributed by atoms with Gasteiger partial charge in [0.1, 0.15) is 11.5 Å². The lowest BCUT2D eigenvalue weighted by Crippen LogP contribution is -2.03. The number of rotatable bonds is 3. The third-order valence-corrected chi connectivity index (χ3v) is 2.98. The first-order chi connectivity index (χ1) is 8.83. The number of aromatic nitrogens is 2. The van der Waals surface area contributed by atoms with Crippen LogP contribution < -0.4 is 5.32 Å². The Morgan fingerprint density at radius 3 is 2.94 bits per heavy atom. The molecule has 0 spiro atoms. The van der Waals surface area contributed by atoms with Gasteiger partial charge >= 0.3 is 0 Å². The van der Waals surface area contributed by atoms with Crippen LogP contribution in [0.4, 0.5) is 5.82 Å². The third-order valence-electron chi connectivity index (χ3n) is 2.98. The maximum Gasteiger partial charge on any atom is 0.138 e. The normalized spacial score (nSPS) is 10.7. The van der Waals surface area contributed by atoms with Crippen LogP contribution in [0, 0.1) is 6.92 Å². The lowest BCUT2D eigenvalue weighted by molar-refractivity contribution is 1.07. The van der Waals surface area contributed by atoms with E-state index in [-0.39, 0.29) is 0 Å². The average Bonchev–Trinajstić information content (AvgIpc) is 2.85. The molecule has 0 amide bonds. The minimum Gasteiger partial charge on any atom is -0.367 e. The van der Waals surface area contributed by atoms with Crippen molar-refractivity contribution in [3.63, 3.8) is 0 Å². The predicted molar refractivity (Wildman–Crippen MR) is 73.7 cm³/mol. The van der Waals surface area contributed by atoms with Gasteiger partial charge in [0.25, 0.3) is 0 Å².